The second-order valence-corrected chi connectivity index (χ2v) is 3.82. The van der Waals surface area contributed by atoms with Crippen molar-refractivity contribution in [3.8, 4) is 0 Å². The average molecular weight is 223 g/mol. The molecule has 2 heteroatoms. The number of rotatable bonds is 3. The predicted octanol–water partition coefficient (Wildman–Crippen LogP) is 3.29. The maximum atomic E-state index is 11.7. The molecule has 0 atom stereocenters. The molecule has 2 aromatic rings. The van der Waals surface area contributed by atoms with Crippen LogP contribution in [0, 0.1) is 6.92 Å². The van der Waals surface area contributed by atoms with Crippen LogP contribution in [-0.2, 0) is 0 Å². The van der Waals surface area contributed by atoms with E-state index in [0.29, 0.717) is 5.69 Å². The molecule has 0 radical (unpaired) electrons. The summed E-state index contributed by atoms with van der Waals surface area (Å²) in [6.45, 7) is 2.03. The van der Waals surface area contributed by atoms with Gasteiger partial charge in [-0.2, -0.15) is 0 Å². The van der Waals surface area contributed by atoms with Crippen LogP contribution in [0.5, 0.6) is 0 Å². The topological polar surface area (TPSA) is 30.0 Å². The summed E-state index contributed by atoms with van der Waals surface area (Å²) in [6.07, 6.45) is 4.97. The molecule has 0 saturated heterocycles. The first-order valence-electron chi connectivity index (χ1n) is 5.46. The zero-order valence-corrected chi connectivity index (χ0v) is 9.63. The van der Waals surface area contributed by atoms with Crippen LogP contribution in [0.3, 0.4) is 0 Å². The third-order valence-electron chi connectivity index (χ3n) is 2.42. The third kappa shape index (κ3) is 3.11. The molecule has 0 unspecified atom stereocenters. The molecule has 0 spiro atoms. The Hall–Kier alpha value is -2.22. The number of hydrogen-bond donors (Lipinski definition) is 0. The lowest BCUT2D eigenvalue weighted by atomic mass is 10.1. The van der Waals surface area contributed by atoms with E-state index >= 15 is 0 Å². The standard InChI is InChI=1S/C15H13NO/c1-12-5-7-13(8-6-12)9-10-15(17)14-4-2-3-11-16-14/h2-11H,1H3. The summed E-state index contributed by atoms with van der Waals surface area (Å²) in [4.78, 5) is 15.7. The highest BCUT2D eigenvalue weighted by Gasteiger charge is 2.00. The van der Waals surface area contributed by atoms with Crippen LogP contribution in [0.2, 0.25) is 0 Å². The molecule has 0 fully saturated rings. The summed E-state index contributed by atoms with van der Waals surface area (Å²) in [7, 11) is 0. The van der Waals surface area contributed by atoms with Crippen LogP contribution in [-0.4, -0.2) is 10.8 Å². The fourth-order valence-corrected chi connectivity index (χ4v) is 1.44. The first kappa shape index (κ1) is 11.3. The molecule has 17 heavy (non-hydrogen) atoms. The number of allylic oxidation sites excluding steroid dienone is 1. The Morgan fingerprint density at radius 3 is 2.53 bits per heavy atom. The van der Waals surface area contributed by atoms with Crippen LogP contribution in [0.1, 0.15) is 21.6 Å². The summed E-state index contributed by atoms with van der Waals surface area (Å²) < 4.78 is 0. The van der Waals surface area contributed by atoms with E-state index in [-0.39, 0.29) is 5.78 Å². The first-order chi connectivity index (χ1) is 8.25. The van der Waals surface area contributed by atoms with E-state index < -0.39 is 0 Å². The van der Waals surface area contributed by atoms with Gasteiger partial charge in [0.05, 0.1) is 0 Å². The molecule has 0 bridgehead atoms. The number of aromatic nitrogens is 1. The number of carbonyl (C=O) groups is 1. The fraction of sp³-hybridized carbons (Fsp3) is 0.0667. The van der Waals surface area contributed by atoms with Crippen molar-refractivity contribution >= 4 is 11.9 Å². The number of ketones is 1. The van der Waals surface area contributed by atoms with Gasteiger partial charge in [-0.25, -0.2) is 0 Å². The lowest BCUT2D eigenvalue weighted by molar-refractivity contribution is 0.104. The van der Waals surface area contributed by atoms with Gasteiger partial charge in [0.15, 0.2) is 0 Å². The Morgan fingerprint density at radius 1 is 1.12 bits per heavy atom. The minimum Gasteiger partial charge on any atom is -0.288 e. The van der Waals surface area contributed by atoms with Gasteiger partial charge in [-0.15, -0.1) is 0 Å². The zero-order valence-electron chi connectivity index (χ0n) is 9.63. The molecule has 1 aromatic carbocycles. The van der Waals surface area contributed by atoms with E-state index in [1.807, 2.05) is 31.2 Å². The number of carbonyl (C=O) groups excluding carboxylic acids is 1. The summed E-state index contributed by atoms with van der Waals surface area (Å²) in [6, 6.07) is 13.3. The SMILES string of the molecule is Cc1ccc(C=CC(=O)c2ccccn2)cc1. The summed E-state index contributed by atoms with van der Waals surface area (Å²) in [5.41, 5.74) is 2.69. The molecule has 84 valence electrons. The van der Waals surface area contributed by atoms with Crippen molar-refractivity contribution in [1.82, 2.24) is 4.98 Å². The van der Waals surface area contributed by atoms with Gasteiger partial charge in [0, 0.05) is 6.20 Å². The van der Waals surface area contributed by atoms with Gasteiger partial charge in [-0.1, -0.05) is 42.0 Å². The molecule has 0 N–H and O–H groups in total. The molecule has 0 amide bonds. The molecule has 2 rings (SSSR count). The zero-order chi connectivity index (χ0) is 12.1. The van der Waals surface area contributed by atoms with Gasteiger partial charge < -0.3 is 0 Å². The van der Waals surface area contributed by atoms with Crippen LogP contribution in [0.25, 0.3) is 6.08 Å². The van der Waals surface area contributed by atoms with Crippen molar-refractivity contribution in [2.24, 2.45) is 0 Å². The van der Waals surface area contributed by atoms with Crippen molar-refractivity contribution < 1.29 is 4.79 Å². The number of nitrogens with zero attached hydrogens (tertiary/aromatic N) is 1. The molecule has 1 heterocycles. The molecule has 2 nitrogen and oxygen atoms in total. The van der Waals surface area contributed by atoms with E-state index in [9.17, 15) is 4.79 Å². The van der Waals surface area contributed by atoms with E-state index in [4.69, 9.17) is 0 Å². The van der Waals surface area contributed by atoms with Gasteiger partial charge in [0.25, 0.3) is 0 Å². The van der Waals surface area contributed by atoms with E-state index in [1.165, 1.54) is 5.56 Å². The summed E-state index contributed by atoms with van der Waals surface area (Å²) >= 11 is 0. The number of hydrogen-bond acceptors (Lipinski definition) is 2. The molecule has 0 saturated carbocycles. The summed E-state index contributed by atoms with van der Waals surface area (Å²) in [5, 5.41) is 0. The third-order valence-corrected chi connectivity index (χ3v) is 2.42. The first-order valence-corrected chi connectivity index (χ1v) is 5.46. The van der Waals surface area contributed by atoms with Gasteiger partial charge in [-0.3, -0.25) is 9.78 Å². The Bertz CT molecular complexity index is 527. The number of pyridine rings is 1. The van der Waals surface area contributed by atoms with Crippen molar-refractivity contribution in [3.05, 3.63) is 71.6 Å². The highest BCUT2D eigenvalue weighted by Crippen LogP contribution is 2.06. The highest BCUT2D eigenvalue weighted by molar-refractivity contribution is 6.05. The van der Waals surface area contributed by atoms with Crippen molar-refractivity contribution in [1.29, 1.82) is 0 Å². The van der Waals surface area contributed by atoms with E-state index in [1.54, 1.807) is 36.5 Å². The predicted molar refractivity (Wildman–Crippen MR) is 68.8 cm³/mol. The second-order valence-electron chi connectivity index (χ2n) is 3.82. The quantitative estimate of drug-likeness (QED) is 0.590. The minimum atomic E-state index is -0.0776. The van der Waals surface area contributed by atoms with E-state index in [2.05, 4.69) is 4.98 Å². The van der Waals surface area contributed by atoms with Gasteiger partial charge in [0.2, 0.25) is 5.78 Å². The Morgan fingerprint density at radius 2 is 1.88 bits per heavy atom. The van der Waals surface area contributed by atoms with Gasteiger partial charge in [-0.05, 0) is 30.7 Å². The Labute approximate surface area is 101 Å². The molecular weight excluding hydrogens is 210 g/mol. The molecule has 1 aromatic heterocycles. The second kappa shape index (κ2) is 5.21. The van der Waals surface area contributed by atoms with Crippen molar-refractivity contribution in [2.45, 2.75) is 6.92 Å². The smallest absolute Gasteiger partial charge is 0.204 e. The largest absolute Gasteiger partial charge is 0.288 e. The minimum absolute atomic E-state index is 0.0776. The van der Waals surface area contributed by atoms with Crippen LogP contribution >= 0.6 is 0 Å². The van der Waals surface area contributed by atoms with E-state index in [0.717, 1.165) is 5.56 Å². The normalized spacial score (nSPS) is 10.6. The Kier molecular flexibility index (Phi) is 3.46. The van der Waals surface area contributed by atoms with Gasteiger partial charge >= 0.3 is 0 Å². The summed E-state index contributed by atoms with van der Waals surface area (Å²) in [5.74, 6) is -0.0776. The number of benzene rings is 1. The fourth-order valence-electron chi connectivity index (χ4n) is 1.44. The molecule has 0 aliphatic heterocycles. The monoisotopic (exact) mass is 223 g/mol. The molecule has 0 aliphatic rings. The number of aryl methyl sites for hydroxylation is 1. The maximum Gasteiger partial charge on any atom is 0.204 e. The maximum absolute atomic E-state index is 11.7. The molecule has 0 aliphatic carbocycles. The lowest BCUT2D eigenvalue weighted by Gasteiger charge is -1.95. The average Bonchev–Trinajstić information content (AvgIpc) is 2.39. The van der Waals surface area contributed by atoms with Crippen LogP contribution < -0.4 is 0 Å². The Balaban J connectivity index is 2.11. The van der Waals surface area contributed by atoms with Crippen LogP contribution in [0.4, 0.5) is 0 Å². The van der Waals surface area contributed by atoms with Gasteiger partial charge in [0.1, 0.15) is 5.69 Å². The van der Waals surface area contributed by atoms with Crippen LogP contribution in [0.15, 0.2) is 54.7 Å². The molecular formula is C15H13NO. The van der Waals surface area contributed by atoms with Crippen molar-refractivity contribution in [3.63, 3.8) is 0 Å². The highest BCUT2D eigenvalue weighted by atomic mass is 16.1. The van der Waals surface area contributed by atoms with Crippen molar-refractivity contribution in [2.75, 3.05) is 0 Å². The lowest BCUT2D eigenvalue weighted by Crippen LogP contribution is -1.96.